The first-order valence-corrected chi connectivity index (χ1v) is 14.5. The van der Waals surface area contributed by atoms with E-state index in [2.05, 4.69) is 32.8 Å². The fraction of sp³-hybridized carbons (Fsp3) is 0.364. The van der Waals surface area contributed by atoms with Crippen molar-refractivity contribution in [3.63, 3.8) is 0 Å². The zero-order chi connectivity index (χ0) is 25.1. The lowest BCUT2D eigenvalue weighted by atomic mass is 10.1. The third-order valence-electron chi connectivity index (χ3n) is 5.42. The third-order valence-corrected chi connectivity index (χ3v) is 8.11. The molecule has 1 aromatic heterocycles. The second-order valence-corrected chi connectivity index (χ2v) is 12.2. The van der Waals surface area contributed by atoms with Crippen molar-refractivity contribution in [1.82, 2.24) is 13.8 Å². The van der Waals surface area contributed by atoms with Crippen molar-refractivity contribution < 1.29 is 31.6 Å². The molecule has 1 aliphatic heterocycles. The van der Waals surface area contributed by atoms with Crippen molar-refractivity contribution in [2.45, 2.75) is 11.4 Å². The van der Waals surface area contributed by atoms with Crippen molar-refractivity contribution in [3.8, 4) is 5.75 Å². The number of benzene rings is 2. The summed E-state index contributed by atoms with van der Waals surface area (Å²) in [6.45, 7) is 4.65. The van der Waals surface area contributed by atoms with Gasteiger partial charge in [0.05, 0.1) is 18.9 Å². The molecular weight excluding hydrogens is 562 g/mol. The van der Waals surface area contributed by atoms with Gasteiger partial charge < -0.3 is 15.1 Å². The molecule has 0 amide bonds. The van der Waals surface area contributed by atoms with Crippen LogP contribution in [0.4, 0.5) is 0 Å². The molecule has 10 nitrogen and oxygen atoms in total. The number of fused-ring (bicyclic) bond motifs is 1. The highest BCUT2D eigenvalue weighted by molar-refractivity contribution is 9.10. The number of nitrogens with zero attached hydrogens (tertiary/aromatic N) is 3. The van der Waals surface area contributed by atoms with Crippen LogP contribution in [-0.4, -0.2) is 87.2 Å². The number of halogens is 1. The molecule has 35 heavy (non-hydrogen) atoms. The fourth-order valence-corrected chi connectivity index (χ4v) is 6.06. The molecule has 0 radical (unpaired) electrons. The number of methoxy groups -OCH3 is 1. The van der Waals surface area contributed by atoms with E-state index in [4.69, 9.17) is 9.29 Å². The first kappa shape index (κ1) is 29.2. The SMILES string of the molecule is COc1ccc2c(c1)c(CN1CCN(C)CC1)cn2S(=O)(=O)c1ccccc1Br.CS(=O)(=O)O.O. The minimum absolute atomic E-state index is 0. The molecule has 1 aliphatic rings. The van der Waals surface area contributed by atoms with Gasteiger partial charge in [0, 0.05) is 48.8 Å². The van der Waals surface area contributed by atoms with E-state index in [-0.39, 0.29) is 10.4 Å². The van der Waals surface area contributed by atoms with E-state index in [1.165, 1.54) is 3.97 Å². The van der Waals surface area contributed by atoms with E-state index in [1.807, 2.05) is 12.1 Å². The van der Waals surface area contributed by atoms with Crippen LogP contribution in [-0.2, 0) is 26.7 Å². The fourth-order valence-electron chi connectivity index (χ4n) is 3.70. The standard InChI is InChI=1S/C21H24BrN3O3S.CH4O3S.H2O/c1-23-9-11-24(12-10-23)14-16-15-25(20-8-7-17(28-2)13-18(16)20)29(26,27)21-6-4-3-5-19(21)22;1-5(2,3)4;/h3-8,13,15H,9-12,14H2,1-2H3;1H3,(H,2,3,4);1H2. The Morgan fingerprint density at radius 3 is 2.20 bits per heavy atom. The van der Waals surface area contributed by atoms with Gasteiger partial charge in [-0.05, 0) is 58.9 Å². The summed E-state index contributed by atoms with van der Waals surface area (Å²) in [4.78, 5) is 4.92. The van der Waals surface area contributed by atoms with Crippen molar-refractivity contribution >= 4 is 47.0 Å². The van der Waals surface area contributed by atoms with Gasteiger partial charge in [-0.1, -0.05) is 12.1 Å². The Hall–Kier alpha value is -2.00. The van der Waals surface area contributed by atoms with Crippen LogP contribution in [0, 0.1) is 0 Å². The summed E-state index contributed by atoms with van der Waals surface area (Å²) in [5.74, 6) is 0.716. The Morgan fingerprint density at radius 2 is 1.63 bits per heavy atom. The Kier molecular flexibility index (Phi) is 9.87. The quantitative estimate of drug-likeness (QED) is 0.444. The smallest absolute Gasteiger partial charge is 0.269 e. The molecule has 3 N–H and O–H groups in total. The number of rotatable bonds is 5. The van der Waals surface area contributed by atoms with Crippen molar-refractivity contribution in [3.05, 3.63) is 58.7 Å². The molecule has 0 saturated carbocycles. The molecule has 2 aromatic carbocycles. The molecular formula is C22H30BrN3O7S2. The third kappa shape index (κ3) is 7.49. The van der Waals surface area contributed by atoms with Crippen LogP contribution in [0.25, 0.3) is 10.9 Å². The highest BCUT2D eigenvalue weighted by Gasteiger charge is 2.25. The van der Waals surface area contributed by atoms with Crippen molar-refractivity contribution in [2.24, 2.45) is 0 Å². The van der Waals surface area contributed by atoms with Gasteiger partial charge >= 0.3 is 0 Å². The molecule has 0 atom stereocenters. The Balaban J connectivity index is 0.000000656. The second-order valence-electron chi connectivity index (χ2n) is 8.08. The Bertz CT molecular complexity index is 1360. The topological polar surface area (TPSA) is 141 Å². The average molecular weight is 593 g/mol. The maximum atomic E-state index is 13.5. The second kappa shape index (κ2) is 11.8. The zero-order valence-corrected chi connectivity index (χ0v) is 22.9. The predicted octanol–water partition coefficient (Wildman–Crippen LogP) is 2.08. The molecule has 13 heteroatoms. The summed E-state index contributed by atoms with van der Waals surface area (Å²) in [5.41, 5.74) is 1.64. The van der Waals surface area contributed by atoms with Gasteiger partial charge in [0.2, 0.25) is 0 Å². The molecule has 0 spiro atoms. The number of hydrogen-bond acceptors (Lipinski definition) is 7. The minimum atomic E-state index is -3.74. The molecule has 0 bridgehead atoms. The van der Waals surface area contributed by atoms with Crippen molar-refractivity contribution in [1.29, 1.82) is 0 Å². The lowest BCUT2D eigenvalue weighted by Gasteiger charge is -2.32. The number of aromatic nitrogens is 1. The van der Waals surface area contributed by atoms with Crippen LogP contribution in [0.5, 0.6) is 5.75 Å². The molecule has 0 unspecified atom stereocenters. The number of ether oxygens (including phenoxy) is 1. The Labute approximate surface area is 214 Å². The molecule has 194 valence electrons. The first-order valence-electron chi connectivity index (χ1n) is 10.4. The normalized spacial score (nSPS) is 15.2. The summed E-state index contributed by atoms with van der Waals surface area (Å²) in [7, 11) is -3.66. The maximum absolute atomic E-state index is 13.5. The highest BCUT2D eigenvalue weighted by Crippen LogP contribution is 2.32. The van der Waals surface area contributed by atoms with Gasteiger partial charge in [-0.15, -0.1) is 0 Å². The van der Waals surface area contributed by atoms with Crippen LogP contribution >= 0.6 is 15.9 Å². The molecule has 1 saturated heterocycles. The lowest BCUT2D eigenvalue weighted by Crippen LogP contribution is -2.43. The molecule has 4 rings (SSSR count). The van der Waals surface area contributed by atoms with E-state index < -0.39 is 20.1 Å². The van der Waals surface area contributed by atoms with Crippen molar-refractivity contribution in [2.75, 3.05) is 46.6 Å². The summed E-state index contributed by atoms with van der Waals surface area (Å²) in [6.07, 6.45) is 2.48. The molecule has 2 heterocycles. The largest absolute Gasteiger partial charge is 0.497 e. The lowest BCUT2D eigenvalue weighted by molar-refractivity contribution is 0.148. The number of hydrogen-bond donors (Lipinski definition) is 1. The van der Waals surface area contributed by atoms with Gasteiger partial charge in [-0.3, -0.25) is 9.45 Å². The van der Waals surface area contributed by atoms with Crippen LogP contribution in [0.1, 0.15) is 5.56 Å². The predicted molar refractivity (Wildman–Crippen MR) is 139 cm³/mol. The van der Waals surface area contributed by atoms with Crippen LogP contribution in [0.15, 0.2) is 58.0 Å². The monoisotopic (exact) mass is 591 g/mol. The molecule has 0 aliphatic carbocycles. The van der Waals surface area contributed by atoms with E-state index >= 15 is 0 Å². The van der Waals surface area contributed by atoms with Crippen LogP contribution in [0.3, 0.4) is 0 Å². The summed E-state index contributed by atoms with van der Waals surface area (Å²) < 4.78 is 60.1. The highest BCUT2D eigenvalue weighted by atomic mass is 79.9. The van der Waals surface area contributed by atoms with E-state index in [0.29, 0.717) is 28.5 Å². The van der Waals surface area contributed by atoms with Gasteiger partial charge in [0.15, 0.2) is 0 Å². The van der Waals surface area contributed by atoms with E-state index in [0.717, 1.165) is 37.1 Å². The summed E-state index contributed by atoms with van der Waals surface area (Å²) in [6, 6.07) is 12.4. The molecule has 3 aromatic rings. The Morgan fingerprint density at radius 1 is 1.03 bits per heavy atom. The van der Waals surface area contributed by atoms with Crippen LogP contribution < -0.4 is 4.74 Å². The minimum Gasteiger partial charge on any atom is -0.497 e. The number of likely N-dealkylation sites (N-methyl/N-ethyl adjacent to an activating group) is 1. The first-order chi connectivity index (χ1) is 15.9. The zero-order valence-electron chi connectivity index (χ0n) is 19.7. The maximum Gasteiger partial charge on any atom is 0.269 e. The van der Waals surface area contributed by atoms with Gasteiger partial charge in [0.25, 0.3) is 20.1 Å². The summed E-state index contributed by atoms with van der Waals surface area (Å²) in [5, 5.41) is 0.902. The van der Waals surface area contributed by atoms with Gasteiger partial charge in [0.1, 0.15) is 10.6 Å². The molecule has 1 fully saturated rings. The number of piperazine rings is 1. The van der Waals surface area contributed by atoms with Crippen LogP contribution in [0.2, 0.25) is 0 Å². The van der Waals surface area contributed by atoms with Gasteiger partial charge in [-0.25, -0.2) is 12.4 Å². The van der Waals surface area contributed by atoms with Gasteiger partial charge in [-0.2, -0.15) is 8.42 Å². The van der Waals surface area contributed by atoms with E-state index in [9.17, 15) is 16.8 Å². The average Bonchev–Trinajstić information content (AvgIpc) is 3.13. The van der Waals surface area contributed by atoms with E-state index in [1.54, 1.807) is 43.6 Å². The summed E-state index contributed by atoms with van der Waals surface area (Å²) >= 11 is 3.38.